The van der Waals surface area contributed by atoms with Crippen LogP contribution in [0.5, 0.6) is 0 Å². The number of halogens is 3. The highest BCUT2D eigenvalue weighted by Gasteiger charge is 2.31. The summed E-state index contributed by atoms with van der Waals surface area (Å²) in [6.07, 6.45) is -3.43. The quantitative estimate of drug-likeness (QED) is 0.576. The Labute approximate surface area is 148 Å². The van der Waals surface area contributed by atoms with Crippen molar-refractivity contribution in [2.24, 2.45) is 0 Å². The number of carbonyl (C=O) groups is 1. The molecule has 0 saturated heterocycles. The number of oxazole rings is 1. The van der Waals surface area contributed by atoms with Crippen LogP contribution in [-0.2, 0) is 6.18 Å². The van der Waals surface area contributed by atoms with E-state index in [1.165, 1.54) is 24.6 Å². The smallest absolute Gasteiger partial charge is 0.416 e. The molecule has 6 nitrogen and oxygen atoms in total. The fraction of sp³-hybridized carbons (Fsp3) is 0.0556. The molecule has 2 heterocycles. The average molecular weight is 374 g/mol. The summed E-state index contributed by atoms with van der Waals surface area (Å²) < 4.78 is 45.4. The number of aromatic carboxylic acids is 1. The Hall–Kier alpha value is -3.62. The first-order chi connectivity index (χ1) is 12.8. The molecule has 0 aliphatic heterocycles. The van der Waals surface area contributed by atoms with Crippen molar-refractivity contribution >= 4 is 28.0 Å². The largest absolute Gasteiger partial charge is 0.477 e. The Bertz CT molecular complexity index is 1270. The van der Waals surface area contributed by atoms with Gasteiger partial charge >= 0.3 is 12.1 Å². The van der Waals surface area contributed by atoms with Gasteiger partial charge in [0.25, 0.3) is 5.56 Å². The molecule has 0 radical (unpaired) electrons. The number of rotatable bonds is 2. The molecule has 0 bridgehead atoms. The lowest BCUT2D eigenvalue weighted by Crippen LogP contribution is -2.25. The molecule has 136 valence electrons. The van der Waals surface area contributed by atoms with E-state index in [2.05, 4.69) is 4.98 Å². The fourth-order valence-corrected chi connectivity index (χ4v) is 2.88. The van der Waals surface area contributed by atoms with Gasteiger partial charge in [-0.1, -0.05) is 6.07 Å². The van der Waals surface area contributed by atoms with E-state index in [4.69, 9.17) is 4.42 Å². The third-order valence-electron chi connectivity index (χ3n) is 4.13. The number of fused-ring (bicyclic) bond motifs is 2. The van der Waals surface area contributed by atoms with Gasteiger partial charge < -0.3 is 9.52 Å². The van der Waals surface area contributed by atoms with Crippen LogP contribution in [-0.4, -0.2) is 20.6 Å². The fourth-order valence-electron chi connectivity index (χ4n) is 2.88. The standard InChI is InChI=1S/C18H9F3N2O4/c19-18(20,21)10-2-1-9-5-12(17(25)26)16(24)23(14(9)6-10)11-3-4-15-13(7-11)22-8-27-15/h1-8H,(H,25,26). The third-order valence-corrected chi connectivity index (χ3v) is 4.13. The summed E-state index contributed by atoms with van der Waals surface area (Å²) >= 11 is 0. The number of alkyl halides is 3. The van der Waals surface area contributed by atoms with Crippen molar-refractivity contribution in [3.63, 3.8) is 0 Å². The zero-order valence-corrected chi connectivity index (χ0v) is 13.3. The molecule has 0 spiro atoms. The molecule has 27 heavy (non-hydrogen) atoms. The zero-order valence-electron chi connectivity index (χ0n) is 13.3. The van der Waals surface area contributed by atoms with E-state index in [1.54, 1.807) is 0 Å². The molecular formula is C18H9F3N2O4. The second-order valence-corrected chi connectivity index (χ2v) is 5.78. The number of nitrogens with zero attached hydrogens (tertiary/aromatic N) is 2. The normalized spacial score (nSPS) is 12.0. The third kappa shape index (κ3) is 2.73. The van der Waals surface area contributed by atoms with Crippen LogP contribution >= 0.6 is 0 Å². The zero-order chi connectivity index (χ0) is 19.3. The van der Waals surface area contributed by atoms with Crippen molar-refractivity contribution in [3.05, 3.63) is 70.3 Å². The Kier molecular flexibility index (Phi) is 3.55. The first kappa shape index (κ1) is 16.8. The van der Waals surface area contributed by atoms with Crippen LogP contribution in [0.4, 0.5) is 13.2 Å². The number of aromatic nitrogens is 2. The predicted octanol–water partition coefficient (Wildman–Crippen LogP) is 3.85. The Morgan fingerprint density at radius 1 is 1.11 bits per heavy atom. The van der Waals surface area contributed by atoms with Gasteiger partial charge in [-0.15, -0.1) is 0 Å². The van der Waals surface area contributed by atoms with Gasteiger partial charge in [-0.25, -0.2) is 9.78 Å². The first-order valence-corrected chi connectivity index (χ1v) is 7.59. The van der Waals surface area contributed by atoms with Crippen molar-refractivity contribution < 1.29 is 27.5 Å². The van der Waals surface area contributed by atoms with E-state index in [1.807, 2.05) is 0 Å². The monoisotopic (exact) mass is 374 g/mol. The highest BCUT2D eigenvalue weighted by molar-refractivity contribution is 5.93. The molecule has 1 N–H and O–H groups in total. The summed E-state index contributed by atoms with van der Waals surface area (Å²) in [5.74, 6) is -1.47. The lowest BCUT2D eigenvalue weighted by molar-refractivity contribution is -0.137. The van der Waals surface area contributed by atoms with Crippen molar-refractivity contribution in [2.45, 2.75) is 6.18 Å². The summed E-state index contributed by atoms with van der Waals surface area (Å²) in [4.78, 5) is 28.1. The van der Waals surface area contributed by atoms with Gasteiger partial charge in [0.1, 0.15) is 11.1 Å². The number of hydrogen-bond acceptors (Lipinski definition) is 4. The summed E-state index contributed by atoms with van der Waals surface area (Å²) in [5.41, 5.74) is -1.55. The predicted molar refractivity (Wildman–Crippen MR) is 89.1 cm³/mol. The average Bonchev–Trinajstić information content (AvgIpc) is 3.07. The number of hydrogen-bond donors (Lipinski definition) is 1. The summed E-state index contributed by atoms with van der Waals surface area (Å²) in [6.45, 7) is 0. The topological polar surface area (TPSA) is 85.3 Å². The summed E-state index contributed by atoms with van der Waals surface area (Å²) in [6, 6.07) is 8.22. The lowest BCUT2D eigenvalue weighted by atomic mass is 10.1. The molecule has 0 aliphatic carbocycles. The SMILES string of the molecule is O=C(O)c1cc2ccc(C(F)(F)F)cc2n(-c2ccc3ocnc3c2)c1=O. The molecule has 0 aliphatic rings. The van der Waals surface area contributed by atoms with Gasteiger partial charge in [-0.05, 0) is 41.8 Å². The highest BCUT2D eigenvalue weighted by Crippen LogP contribution is 2.32. The van der Waals surface area contributed by atoms with Crippen molar-refractivity contribution in [2.75, 3.05) is 0 Å². The van der Waals surface area contributed by atoms with E-state index < -0.39 is 28.8 Å². The van der Waals surface area contributed by atoms with Gasteiger partial charge in [-0.3, -0.25) is 9.36 Å². The highest BCUT2D eigenvalue weighted by atomic mass is 19.4. The van der Waals surface area contributed by atoms with Crippen LogP contribution in [0.3, 0.4) is 0 Å². The number of pyridine rings is 1. The molecule has 2 aromatic heterocycles. The molecule has 0 atom stereocenters. The van der Waals surface area contributed by atoms with E-state index in [9.17, 15) is 27.9 Å². The van der Waals surface area contributed by atoms with Gasteiger partial charge in [0.05, 0.1) is 16.8 Å². The number of benzene rings is 2. The van der Waals surface area contributed by atoms with E-state index >= 15 is 0 Å². The van der Waals surface area contributed by atoms with Crippen LogP contribution in [0.15, 0.2) is 58.1 Å². The van der Waals surface area contributed by atoms with E-state index in [0.717, 1.165) is 28.8 Å². The van der Waals surface area contributed by atoms with Gasteiger partial charge in [0.15, 0.2) is 12.0 Å². The molecule has 0 saturated carbocycles. The minimum Gasteiger partial charge on any atom is -0.477 e. The number of carboxylic acid groups (broad SMARTS) is 1. The lowest BCUT2D eigenvalue weighted by Gasteiger charge is -2.14. The Morgan fingerprint density at radius 2 is 1.89 bits per heavy atom. The first-order valence-electron chi connectivity index (χ1n) is 7.59. The van der Waals surface area contributed by atoms with Crippen LogP contribution in [0.1, 0.15) is 15.9 Å². The second kappa shape index (κ2) is 5.70. The van der Waals surface area contributed by atoms with Gasteiger partial charge in [0, 0.05) is 0 Å². The number of carboxylic acids is 1. The molecular weight excluding hydrogens is 365 g/mol. The molecule has 4 aromatic rings. The van der Waals surface area contributed by atoms with E-state index in [-0.39, 0.29) is 16.6 Å². The molecule has 4 rings (SSSR count). The molecule has 0 fully saturated rings. The Morgan fingerprint density at radius 3 is 2.59 bits per heavy atom. The van der Waals surface area contributed by atoms with Gasteiger partial charge in [0.2, 0.25) is 0 Å². The maximum absolute atomic E-state index is 13.1. The van der Waals surface area contributed by atoms with Crippen molar-refractivity contribution in [1.82, 2.24) is 9.55 Å². The molecule has 0 unspecified atom stereocenters. The van der Waals surface area contributed by atoms with Crippen LogP contribution in [0.2, 0.25) is 0 Å². The Balaban J connectivity index is 2.12. The van der Waals surface area contributed by atoms with Gasteiger partial charge in [-0.2, -0.15) is 13.2 Å². The minimum absolute atomic E-state index is 0.0670. The van der Waals surface area contributed by atoms with E-state index in [0.29, 0.717) is 11.1 Å². The summed E-state index contributed by atoms with van der Waals surface area (Å²) in [5, 5.41) is 9.48. The maximum Gasteiger partial charge on any atom is 0.416 e. The van der Waals surface area contributed by atoms with Crippen molar-refractivity contribution in [1.29, 1.82) is 0 Å². The van der Waals surface area contributed by atoms with Crippen molar-refractivity contribution in [3.8, 4) is 5.69 Å². The minimum atomic E-state index is -4.61. The molecule has 9 heteroatoms. The molecule has 2 aromatic carbocycles. The summed E-state index contributed by atoms with van der Waals surface area (Å²) in [7, 11) is 0. The maximum atomic E-state index is 13.1. The van der Waals surface area contributed by atoms with Crippen LogP contribution in [0, 0.1) is 0 Å². The molecule has 0 amide bonds. The second-order valence-electron chi connectivity index (χ2n) is 5.78. The van der Waals surface area contributed by atoms with Crippen LogP contribution in [0.25, 0.3) is 27.7 Å². The van der Waals surface area contributed by atoms with Crippen LogP contribution < -0.4 is 5.56 Å².